The van der Waals surface area contributed by atoms with Crippen molar-refractivity contribution in [3.8, 4) is 6.07 Å². The second-order valence-electron chi connectivity index (χ2n) is 4.19. The van der Waals surface area contributed by atoms with Crippen LogP contribution < -0.4 is 10.6 Å². The Morgan fingerprint density at radius 2 is 2.31 bits per heavy atom. The number of nitrogens with zero attached hydrogens (tertiary/aromatic N) is 1. The van der Waals surface area contributed by atoms with Gasteiger partial charge in [0.1, 0.15) is 0 Å². The molecule has 0 spiro atoms. The maximum Gasteiger partial charge on any atom is 0.0995 e. The lowest BCUT2D eigenvalue weighted by atomic mass is 10.1. The average molecular weight is 215 g/mol. The number of piperidine rings is 1. The molecule has 1 aliphatic heterocycles. The van der Waals surface area contributed by atoms with E-state index in [9.17, 15) is 0 Å². The minimum Gasteiger partial charge on any atom is -0.315 e. The molecule has 0 saturated carbocycles. The molecule has 0 aromatic heterocycles. The maximum atomic E-state index is 8.97. The molecule has 1 heterocycles. The van der Waals surface area contributed by atoms with E-state index in [0.717, 1.165) is 30.8 Å². The number of rotatable bonds is 3. The first-order chi connectivity index (χ1) is 7.90. The highest BCUT2D eigenvalue weighted by atomic mass is 15.0. The van der Waals surface area contributed by atoms with E-state index >= 15 is 0 Å². The third-order valence-corrected chi connectivity index (χ3v) is 3.02. The van der Waals surface area contributed by atoms with Crippen molar-refractivity contribution in [2.75, 3.05) is 13.1 Å². The van der Waals surface area contributed by atoms with Gasteiger partial charge in [0, 0.05) is 19.1 Å². The van der Waals surface area contributed by atoms with Crippen molar-refractivity contribution in [3.05, 3.63) is 35.4 Å². The smallest absolute Gasteiger partial charge is 0.0995 e. The predicted molar refractivity (Wildman–Crippen MR) is 63.9 cm³/mol. The largest absolute Gasteiger partial charge is 0.315 e. The third kappa shape index (κ3) is 2.82. The van der Waals surface area contributed by atoms with Gasteiger partial charge in [-0.15, -0.1) is 0 Å². The van der Waals surface area contributed by atoms with Crippen molar-refractivity contribution in [2.24, 2.45) is 0 Å². The molecule has 0 aliphatic carbocycles. The number of nitrogens with one attached hydrogen (secondary N) is 2. The topological polar surface area (TPSA) is 47.9 Å². The Morgan fingerprint density at radius 1 is 1.44 bits per heavy atom. The Balaban J connectivity index is 1.91. The molecule has 3 nitrogen and oxygen atoms in total. The summed E-state index contributed by atoms with van der Waals surface area (Å²) in [5.41, 5.74) is 1.87. The first kappa shape index (κ1) is 11.1. The Kier molecular flexibility index (Phi) is 3.92. The molecule has 1 atom stereocenters. The summed E-state index contributed by atoms with van der Waals surface area (Å²) in [7, 11) is 0. The van der Waals surface area contributed by atoms with Crippen LogP contribution in [0.4, 0.5) is 0 Å². The molecular formula is C13H17N3. The summed E-state index contributed by atoms with van der Waals surface area (Å²) in [6.45, 7) is 2.96. The van der Waals surface area contributed by atoms with Gasteiger partial charge in [0.2, 0.25) is 0 Å². The Hall–Kier alpha value is -1.37. The summed E-state index contributed by atoms with van der Waals surface area (Å²) >= 11 is 0. The normalized spacial score (nSPS) is 20.3. The second-order valence-corrected chi connectivity index (χ2v) is 4.19. The van der Waals surface area contributed by atoms with E-state index in [1.54, 1.807) is 0 Å². The Bertz CT molecular complexity index is 375. The fourth-order valence-corrected chi connectivity index (χ4v) is 2.06. The van der Waals surface area contributed by atoms with Crippen LogP contribution in [0.15, 0.2) is 24.3 Å². The van der Waals surface area contributed by atoms with Gasteiger partial charge in [-0.3, -0.25) is 0 Å². The first-order valence-electron chi connectivity index (χ1n) is 5.82. The fraction of sp³-hybridized carbons (Fsp3) is 0.462. The standard InChI is InChI=1S/C13H17N3/c14-8-11-4-1-2-5-12(11)9-16-13-6-3-7-15-10-13/h1-2,4-5,13,15-16H,3,6-7,9-10H2/t13-/m1/s1. The number of hydrogen-bond acceptors (Lipinski definition) is 3. The molecule has 0 amide bonds. The van der Waals surface area contributed by atoms with E-state index in [1.807, 2.05) is 24.3 Å². The highest BCUT2D eigenvalue weighted by molar-refractivity contribution is 5.37. The van der Waals surface area contributed by atoms with E-state index in [4.69, 9.17) is 5.26 Å². The Morgan fingerprint density at radius 3 is 3.06 bits per heavy atom. The van der Waals surface area contributed by atoms with Crippen molar-refractivity contribution in [1.29, 1.82) is 5.26 Å². The van der Waals surface area contributed by atoms with Crippen LogP contribution in [-0.2, 0) is 6.54 Å². The molecule has 0 unspecified atom stereocenters. The van der Waals surface area contributed by atoms with Crippen LogP contribution in [0.1, 0.15) is 24.0 Å². The van der Waals surface area contributed by atoms with Gasteiger partial charge >= 0.3 is 0 Å². The van der Waals surface area contributed by atoms with Crippen LogP contribution in [0.3, 0.4) is 0 Å². The summed E-state index contributed by atoms with van der Waals surface area (Å²) in [5, 5.41) is 15.8. The van der Waals surface area contributed by atoms with Gasteiger partial charge < -0.3 is 10.6 Å². The quantitative estimate of drug-likeness (QED) is 0.801. The lowest BCUT2D eigenvalue weighted by molar-refractivity contribution is 0.389. The highest BCUT2D eigenvalue weighted by Crippen LogP contribution is 2.08. The monoisotopic (exact) mass is 215 g/mol. The van der Waals surface area contributed by atoms with Gasteiger partial charge in [-0.25, -0.2) is 0 Å². The van der Waals surface area contributed by atoms with E-state index in [0.29, 0.717) is 6.04 Å². The van der Waals surface area contributed by atoms with Crippen LogP contribution in [0.25, 0.3) is 0 Å². The van der Waals surface area contributed by atoms with Crippen LogP contribution in [0, 0.1) is 11.3 Å². The molecule has 1 aromatic rings. The maximum absolute atomic E-state index is 8.97. The molecule has 0 radical (unpaired) electrons. The summed E-state index contributed by atoms with van der Waals surface area (Å²) < 4.78 is 0. The lowest BCUT2D eigenvalue weighted by Crippen LogP contribution is -2.42. The van der Waals surface area contributed by atoms with E-state index in [2.05, 4.69) is 16.7 Å². The minimum absolute atomic E-state index is 0.542. The van der Waals surface area contributed by atoms with Crippen molar-refractivity contribution < 1.29 is 0 Å². The molecule has 2 rings (SSSR count). The van der Waals surface area contributed by atoms with Crippen LogP contribution in [0.5, 0.6) is 0 Å². The molecular weight excluding hydrogens is 198 g/mol. The predicted octanol–water partition coefficient (Wildman–Crippen LogP) is 1.40. The molecule has 1 aliphatic rings. The minimum atomic E-state index is 0.542. The Labute approximate surface area is 96.5 Å². The average Bonchev–Trinajstić information content (AvgIpc) is 2.38. The summed E-state index contributed by atoms with van der Waals surface area (Å²) in [4.78, 5) is 0. The van der Waals surface area contributed by atoms with Crippen LogP contribution >= 0.6 is 0 Å². The summed E-state index contributed by atoms with van der Waals surface area (Å²) in [5.74, 6) is 0. The summed E-state index contributed by atoms with van der Waals surface area (Å²) in [6, 6.07) is 10.5. The second kappa shape index (κ2) is 5.64. The van der Waals surface area contributed by atoms with Crippen LogP contribution in [0.2, 0.25) is 0 Å². The molecule has 1 saturated heterocycles. The fourth-order valence-electron chi connectivity index (χ4n) is 2.06. The number of benzene rings is 1. The van der Waals surface area contributed by atoms with Gasteiger partial charge in [0.25, 0.3) is 0 Å². The number of nitriles is 1. The van der Waals surface area contributed by atoms with Crippen molar-refractivity contribution in [2.45, 2.75) is 25.4 Å². The van der Waals surface area contributed by atoms with Crippen molar-refractivity contribution in [1.82, 2.24) is 10.6 Å². The zero-order chi connectivity index (χ0) is 11.2. The van der Waals surface area contributed by atoms with Crippen molar-refractivity contribution >= 4 is 0 Å². The summed E-state index contributed by atoms with van der Waals surface area (Å²) in [6.07, 6.45) is 2.46. The molecule has 2 N–H and O–H groups in total. The van der Waals surface area contributed by atoms with Gasteiger partial charge in [-0.1, -0.05) is 18.2 Å². The third-order valence-electron chi connectivity index (χ3n) is 3.02. The molecule has 0 bridgehead atoms. The first-order valence-corrected chi connectivity index (χ1v) is 5.82. The van der Waals surface area contributed by atoms with E-state index in [1.165, 1.54) is 12.8 Å². The molecule has 3 heteroatoms. The van der Waals surface area contributed by atoms with Gasteiger partial charge in [-0.05, 0) is 31.0 Å². The SMILES string of the molecule is N#Cc1ccccc1CN[C@@H]1CCCNC1. The molecule has 16 heavy (non-hydrogen) atoms. The zero-order valence-electron chi connectivity index (χ0n) is 9.37. The van der Waals surface area contributed by atoms with Gasteiger partial charge in [0.15, 0.2) is 0 Å². The molecule has 1 fully saturated rings. The van der Waals surface area contributed by atoms with E-state index < -0.39 is 0 Å². The van der Waals surface area contributed by atoms with Gasteiger partial charge in [0.05, 0.1) is 11.6 Å². The van der Waals surface area contributed by atoms with E-state index in [-0.39, 0.29) is 0 Å². The van der Waals surface area contributed by atoms with Crippen LogP contribution in [-0.4, -0.2) is 19.1 Å². The highest BCUT2D eigenvalue weighted by Gasteiger charge is 2.12. The molecule has 1 aromatic carbocycles. The van der Waals surface area contributed by atoms with Gasteiger partial charge in [-0.2, -0.15) is 5.26 Å². The molecule has 84 valence electrons. The number of hydrogen-bond donors (Lipinski definition) is 2. The zero-order valence-corrected chi connectivity index (χ0v) is 9.37. The lowest BCUT2D eigenvalue weighted by Gasteiger charge is -2.24. The van der Waals surface area contributed by atoms with Crippen molar-refractivity contribution in [3.63, 3.8) is 0 Å².